The largest absolute Gasteiger partial charge is 0.525 e. The van der Waals surface area contributed by atoms with E-state index in [1.165, 1.54) is 0 Å². The van der Waals surface area contributed by atoms with E-state index in [4.69, 9.17) is 9.31 Å². The van der Waals surface area contributed by atoms with Crippen LogP contribution in [0.15, 0.2) is 30.0 Å². The zero-order chi connectivity index (χ0) is 15.8. The van der Waals surface area contributed by atoms with Crippen LogP contribution < -0.4 is 5.32 Å². The van der Waals surface area contributed by atoms with E-state index in [-0.39, 0.29) is 5.73 Å². The monoisotopic (exact) mass is 291 g/mol. The summed E-state index contributed by atoms with van der Waals surface area (Å²) < 4.78 is 26.2. The minimum atomic E-state index is -0.945. The van der Waals surface area contributed by atoms with E-state index in [9.17, 15) is 4.39 Å². The highest BCUT2D eigenvalue weighted by Gasteiger charge is 2.53. The Morgan fingerprint density at radius 1 is 1.05 bits per heavy atom. The summed E-state index contributed by atoms with van der Waals surface area (Å²) >= 11 is 0. The average molecular weight is 291 g/mol. The molecule has 0 aliphatic carbocycles. The quantitative estimate of drug-likeness (QED) is 0.852. The van der Waals surface area contributed by atoms with Gasteiger partial charge in [-0.25, -0.2) is 4.39 Å². The first-order valence-electron chi connectivity index (χ1n) is 7.18. The topological polar surface area (TPSA) is 30.5 Å². The van der Waals surface area contributed by atoms with E-state index in [0.29, 0.717) is 5.57 Å². The number of hydrogen-bond donors (Lipinski definition) is 1. The highest BCUT2D eigenvalue weighted by molar-refractivity contribution is 6.55. The zero-order valence-corrected chi connectivity index (χ0v) is 13.6. The van der Waals surface area contributed by atoms with Gasteiger partial charge in [-0.2, -0.15) is 0 Å². The lowest BCUT2D eigenvalue weighted by molar-refractivity contribution is 0.00578. The maximum Gasteiger partial charge on any atom is 0.525 e. The molecule has 3 nitrogen and oxygen atoms in total. The molecule has 1 heterocycles. The van der Waals surface area contributed by atoms with Crippen LogP contribution in [0.25, 0.3) is 5.57 Å². The lowest BCUT2D eigenvalue weighted by atomic mass is 9.83. The second-order valence-corrected chi connectivity index (χ2v) is 6.39. The maximum atomic E-state index is 14.7. The number of hydrogen-bond acceptors (Lipinski definition) is 3. The molecule has 1 N–H and O–H groups in total. The molecule has 1 aliphatic rings. The number of anilines is 1. The summed E-state index contributed by atoms with van der Waals surface area (Å²) in [7, 11) is 0.904. The Balaban J connectivity index is 2.27. The van der Waals surface area contributed by atoms with Gasteiger partial charge in [-0.3, -0.25) is 0 Å². The van der Waals surface area contributed by atoms with Gasteiger partial charge >= 0.3 is 7.12 Å². The van der Waals surface area contributed by atoms with Crippen LogP contribution in [0.3, 0.4) is 0 Å². The molecule has 0 aromatic heterocycles. The molecule has 1 saturated heterocycles. The summed E-state index contributed by atoms with van der Waals surface area (Å²) in [5.74, 6) is 0. The van der Waals surface area contributed by atoms with Gasteiger partial charge in [0.25, 0.3) is 0 Å². The van der Waals surface area contributed by atoms with Gasteiger partial charge in [-0.15, -0.1) is 0 Å². The van der Waals surface area contributed by atoms with Crippen LogP contribution in [0, 0.1) is 0 Å². The fourth-order valence-electron chi connectivity index (χ4n) is 2.15. The molecule has 2 rings (SSSR count). The third-order valence-corrected chi connectivity index (χ3v) is 4.43. The van der Waals surface area contributed by atoms with Crippen LogP contribution in [0.5, 0.6) is 0 Å². The Hall–Kier alpha value is -1.33. The summed E-state index contributed by atoms with van der Waals surface area (Å²) in [5.41, 5.74) is 0.905. The first kappa shape index (κ1) is 16.1. The van der Waals surface area contributed by atoms with Gasteiger partial charge in [0.15, 0.2) is 0 Å². The van der Waals surface area contributed by atoms with E-state index >= 15 is 0 Å². The van der Waals surface area contributed by atoms with E-state index in [1.807, 2.05) is 59.0 Å². The molecule has 114 valence electrons. The van der Waals surface area contributed by atoms with Gasteiger partial charge in [-0.05, 0) is 57.9 Å². The van der Waals surface area contributed by atoms with Gasteiger partial charge in [0.2, 0.25) is 0 Å². The van der Waals surface area contributed by atoms with Crippen molar-refractivity contribution >= 4 is 18.4 Å². The highest BCUT2D eigenvalue weighted by Crippen LogP contribution is 2.40. The van der Waals surface area contributed by atoms with Gasteiger partial charge in [0.1, 0.15) is 5.73 Å². The summed E-state index contributed by atoms with van der Waals surface area (Å²) in [6.07, 6.45) is 0. The standard InChI is InChI=1S/C16H23BFNO2/c1-11(12-7-9-13(19-6)10-8-12)14(18)17-20-15(2,3)16(4,5)21-17/h7-10,19H,1-6H3. The Kier molecular flexibility index (Phi) is 4.18. The number of benzene rings is 1. The molecular formula is C16H23BFNO2. The fourth-order valence-corrected chi connectivity index (χ4v) is 2.15. The first-order valence-corrected chi connectivity index (χ1v) is 7.18. The van der Waals surface area contributed by atoms with Crippen molar-refractivity contribution in [1.29, 1.82) is 0 Å². The van der Waals surface area contributed by atoms with Crippen molar-refractivity contribution < 1.29 is 13.7 Å². The molecule has 0 amide bonds. The van der Waals surface area contributed by atoms with E-state index < -0.39 is 18.3 Å². The van der Waals surface area contributed by atoms with Crippen molar-refractivity contribution in [3.63, 3.8) is 0 Å². The van der Waals surface area contributed by atoms with Crippen LogP contribution >= 0.6 is 0 Å². The lowest BCUT2D eigenvalue weighted by Gasteiger charge is -2.32. The number of halogens is 1. The van der Waals surface area contributed by atoms with Crippen molar-refractivity contribution in [1.82, 2.24) is 0 Å². The molecule has 1 aromatic rings. The Morgan fingerprint density at radius 3 is 1.95 bits per heavy atom. The minimum absolute atomic E-state index is 0.370. The Labute approximate surface area is 126 Å². The molecule has 5 heteroatoms. The molecule has 0 unspecified atom stereocenters. The van der Waals surface area contributed by atoms with Gasteiger partial charge in [-0.1, -0.05) is 12.1 Å². The molecule has 0 bridgehead atoms. The van der Waals surface area contributed by atoms with Gasteiger partial charge in [0.05, 0.1) is 11.2 Å². The maximum absolute atomic E-state index is 14.7. The van der Waals surface area contributed by atoms with Crippen molar-refractivity contribution in [2.75, 3.05) is 12.4 Å². The predicted molar refractivity (Wildman–Crippen MR) is 85.8 cm³/mol. The van der Waals surface area contributed by atoms with E-state index in [1.54, 1.807) is 6.92 Å². The first-order chi connectivity index (χ1) is 9.68. The third kappa shape index (κ3) is 2.99. The molecule has 1 aliphatic heterocycles. The minimum Gasteiger partial charge on any atom is -0.398 e. The van der Waals surface area contributed by atoms with Crippen molar-refractivity contribution in [3.05, 3.63) is 35.6 Å². The summed E-state index contributed by atoms with van der Waals surface area (Å²) in [6.45, 7) is 9.40. The SMILES string of the molecule is CNc1ccc(C(C)=C(F)B2OC(C)(C)C(C)(C)O2)cc1. The van der Waals surface area contributed by atoms with E-state index in [2.05, 4.69) is 5.32 Å². The Bertz CT molecular complexity index is 536. The van der Waals surface area contributed by atoms with Crippen LogP contribution in [-0.2, 0) is 9.31 Å². The van der Waals surface area contributed by atoms with Crippen molar-refractivity contribution in [2.24, 2.45) is 0 Å². The molecule has 21 heavy (non-hydrogen) atoms. The number of allylic oxidation sites excluding steroid dienone is 1. The molecular weight excluding hydrogens is 268 g/mol. The lowest BCUT2D eigenvalue weighted by Crippen LogP contribution is -2.41. The zero-order valence-electron chi connectivity index (χ0n) is 13.6. The van der Waals surface area contributed by atoms with Gasteiger partial charge in [0, 0.05) is 12.7 Å². The predicted octanol–water partition coefficient (Wildman–Crippen LogP) is 4.06. The summed E-state index contributed by atoms with van der Waals surface area (Å²) in [5, 5.41) is 3.04. The number of nitrogens with one attached hydrogen (secondary N) is 1. The second-order valence-electron chi connectivity index (χ2n) is 6.39. The highest BCUT2D eigenvalue weighted by atomic mass is 19.1. The smallest absolute Gasteiger partial charge is 0.398 e. The summed E-state index contributed by atoms with van der Waals surface area (Å²) in [6, 6.07) is 7.59. The van der Waals surface area contributed by atoms with Crippen LogP contribution in [-0.4, -0.2) is 25.4 Å². The fraction of sp³-hybridized carbons (Fsp3) is 0.500. The van der Waals surface area contributed by atoms with Crippen molar-refractivity contribution in [3.8, 4) is 0 Å². The molecule has 1 fully saturated rings. The molecule has 1 aromatic carbocycles. The molecule has 0 spiro atoms. The van der Waals surface area contributed by atoms with Gasteiger partial charge < -0.3 is 14.6 Å². The third-order valence-electron chi connectivity index (χ3n) is 4.43. The molecule has 0 saturated carbocycles. The summed E-state index contributed by atoms with van der Waals surface area (Å²) in [4.78, 5) is 0. The Morgan fingerprint density at radius 2 is 1.52 bits per heavy atom. The molecule has 0 atom stereocenters. The average Bonchev–Trinajstić information content (AvgIpc) is 2.66. The van der Waals surface area contributed by atoms with Crippen LogP contribution in [0.4, 0.5) is 10.1 Å². The molecule has 0 radical (unpaired) electrons. The van der Waals surface area contributed by atoms with Crippen molar-refractivity contribution in [2.45, 2.75) is 45.8 Å². The second kappa shape index (κ2) is 5.46. The van der Waals surface area contributed by atoms with Crippen LogP contribution in [0.1, 0.15) is 40.2 Å². The van der Waals surface area contributed by atoms with E-state index in [0.717, 1.165) is 11.3 Å². The van der Waals surface area contributed by atoms with Crippen LogP contribution in [0.2, 0.25) is 0 Å². The normalized spacial score (nSPS) is 21.2. The number of rotatable bonds is 3.